The fourth-order valence-corrected chi connectivity index (χ4v) is 2.17. The van der Waals surface area contributed by atoms with Gasteiger partial charge in [-0.3, -0.25) is 4.79 Å². The lowest BCUT2D eigenvalue weighted by atomic mass is 10.0. The van der Waals surface area contributed by atoms with Crippen molar-refractivity contribution in [3.05, 3.63) is 64.4 Å². The number of aromatic nitrogens is 2. The summed E-state index contributed by atoms with van der Waals surface area (Å²) in [5.74, 6) is -2.56. The number of H-pyrrole nitrogens is 1. The summed E-state index contributed by atoms with van der Waals surface area (Å²) >= 11 is 5.82. The average Bonchev–Trinajstić information content (AvgIpc) is 2.81. The second-order valence-corrected chi connectivity index (χ2v) is 4.61. The molecule has 0 saturated carbocycles. The molecule has 6 heteroatoms. The summed E-state index contributed by atoms with van der Waals surface area (Å²) in [6, 6.07) is 4.80. The van der Waals surface area contributed by atoms with E-state index in [0.717, 1.165) is 12.1 Å². The Bertz CT molecular complexity index is 809. The molecule has 0 fully saturated rings. The van der Waals surface area contributed by atoms with Crippen LogP contribution in [0.25, 0.3) is 11.0 Å². The van der Waals surface area contributed by atoms with Gasteiger partial charge in [0.1, 0.15) is 17.3 Å². The Morgan fingerprint density at radius 1 is 1.25 bits per heavy atom. The van der Waals surface area contributed by atoms with Crippen LogP contribution >= 0.6 is 11.6 Å². The zero-order valence-electron chi connectivity index (χ0n) is 9.95. The van der Waals surface area contributed by atoms with Crippen LogP contribution in [0.15, 0.2) is 36.7 Å². The lowest BCUT2D eigenvalue weighted by Gasteiger charge is -2.03. The number of ketones is 1. The summed E-state index contributed by atoms with van der Waals surface area (Å²) in [6.45, 7) is 0. The van der Waals surface area contributed by atoms with Gasteiger partial charge < -0.3 is 4.98 Å². The smallest absolute Gasteiger partial charge is 0.201 e. The van der Waals surface area contributed by atoms with Crippen molar-refractivity contribution in [1.82, 2.24) is 9.97 Å². The fourth-order valence-electron chi connectivity index (χ4n) is 2.02. The van der Waals surface area contributed by atoms with E-state index in [4.69, 9.17) is 11.6 Å². The average molecular weight is 293 g/mol. The third-order valence-corrected chi connectivity index (χ3v) is 3.14. The van der Waals surface area contributed by atoms with Gasteiger partial charge in [-0.15, -0.1) is 0 Å². The van der Waals surface area contributed by atoms with Crippen LogP contribution in [-0.2, 0) is 0 Å². The van der Waals surface area contributed by atoms with Crippen LogP contribution in [-0.4, -0.2) is 15.8 Å². The Morgan fingerprint density at radius 3 is 2.65 bits per heavy atom. The van der Waals surface area contributed by atoms with E-state index in [-0.39, 0.29) is 5.56 Å². The maximum atomic E-state index is 13.7. The number of carbonyl (C=O) groups excluding carboxylic acids is 1. The maximum Gasteiger partial charge on any atom is 0.201 e. The van der Waals surface area contributed by atoms with Crippen LogP contribution in [0.2, 0.25) is 5.02 Å². The maximum absolute atomic E-state index is 13.7. The molecule has 2 heterocycles. The third kappa shape index (κ3) is 1.96. The molecule has 0 saturated heterocycles. The van der Waals surface area contributed by atoms with Crippen molar-refractivity contribution in [2.45, 2.75) is 0 Å². The Balaban J connectivity index is 2.21. The highest BCUT2D eigenvalue weighted by Gasteiger charge is 2.21. The van der Waals surface area contributed by atoms with E-state index in [1.807, 2.05) is 0 Å². The van der Waals surface area contributed by atoms with Crippen molar-refractivity contribution in [3.63, 3.8) is 0 Å². The molecule has 0 aliphatic heterocycles. The van der Waals surface area contributed by atoms with Gasteiger partial charge in [-0.05, 0) is 18.2 Å². The number of carbonyl (C=O) groups is 1. The first-order chi connectivity index (χ1) is 9.58. The van der Waals surface area contributed by atoms with Crippen molar-refractivity contribution in [1.29, 1.82) is 0 Å². The fraction of sp³-hybridized carbons (Fsp3) is 0. The second-order valence-electron chi connectivity index (χ2n) is 4.18. The van der Waals surface area contributed by atoms with Gasteiger partial charge in [0, 0.05) is 23.3 Å². The lowest BCUT2D eigenvalue weighted by molar-refractivity contribution is 0.103. The molecular weight excluding hydrogens is 286 g/mol. The van der Waals surface area contributed by atoms with Crippen LogP contribution in [0.5, 0.6) is 0 Å². The summed E-state index contributed by atoms with van der Waals surface area (Å²) in [7, 11) is 0. The van der Waals surface area contributed by atoms with Gasteiger partial charge in [0.05, 0.1) is 10.6 Å². The van der Waals surface area contributed by atoms with E-state index < -0.39 is 23.0 Å². The summed E-state index contributed by atoms with van der Waals surface area (Å²) < 4.78 is 27.3. The van der Waals surface area contributed by atoms with Crippen LogP contribution in [0.3, 0.4) is 0 Å². The zero-order valence-corrected chi connectivity index (χ0v) is 10.7. The van der Waals surface area contributed by atoms with Crippen LogP contribution < -0.4 is 0 Å². The number of nitrogens with zero attached hydrogens (tertiary/aromatic N) is 1. The van der Waals surface area contributed by atoms with E-state index in [0.29, 0.717) is 16.1 Å². The minimum atomic E-state index is -0.903. The highest BCUT2D eigenvalue weighted by molar-refractivity contribution is 6.31. The van der Waals surface area contributed by atoms with E-state index in [1.54, 1.807) is 0 Å². The van der Waals surface area contributed by atoms with Gasteiger partial charge in [-0.1, -0.05) is 17.7 Å². The number of pyridine rings is 1. The molecule has 3 aromatic rings. The highest BCUT2D eigenvalue weighted by Crippen LogP contribution is 2.24. The molecule has 0 amide bonds. The van der Waals surface area contributed by atoms with Gasteiger partial charge in [0.25, 0.3) is 0 Å². The SMILES string of the molecule is O=C(c1c(F)cccc1F)c1c[nH]c2ncc(Cl)cc12. The van der Waals surface area contributed by atoms with E-state index in [2.05, 4.69) is 9.97 Å². The third-order valence-electron chi connectivity index (χ3n) is 2.93. The predicted octanol–water partition coefficient (Wildman–Crippen LogP) is 3.73. The number of hydrogen-bond donors (Lipinski definition) is 1. The zero-order chi connectivity index (χ0) is 14.3. The minimum absolute atomic E-state index is 0.124. The van der Waals surface area contributed by atoms with Gasteiger partial charge in [-0.2, -0.15) is 0 Å². The standard InChI is InChI=1S/C14H7ClF2N2O/c15-7-4-8-9(6-19-14(8)18-5-7)13(20)12-10(16)2-1-3-11(12)17/h1-6H,(H,18,19). The molecule has 0 aliphatic carbocycles. The Morgan fingerprint density at radius 2 is 1.95 bits per heavy atom. The molecule has 0 atom stereocenters. The second kappa shape index (κ2) is 4.68. The monoisotopic (exact) mass is 292 g/mol. The highest BCUT2D eigenvalue weighted by atomic mass is 35.5. The summed E-state index contributed by atoms with van der Waals surface area (Å²) in [5.41, 5.74) is -0.0399. The van der Waals surface area contributed by atoms with Crippen molar-refractivity contribution < 1.29 is 13.6 Å². The van der Waals surface area contributed by atoms with Crippen molar-refractivity contribution in [3.8, 4) is 0 Å². The number of rotatable bonds is 2. The summed E-state index contributed by atoms with van der Waals surface area (Å²) in [6.07, 6.45) is 2.78. The number of fused-ring (bicyclic) bond motifs is 1. The number of aromatic amines is 1. The molecule has 3 rings (SSSR count). The molecule has 0 radical (unpaired) electrons. The van der Waals surface area contributed by atoms with Crippen molar-refractivity contribution in [2.24, 2.45) is 0 Å². The minimum Gasteiger partial charge on any atom is -0.345 e. The van der Waals surface area contributed by atoms with Crippen LogP contribution in [0.4, 0.5) is 8.78 Å². The van der Waals surface area contributed by atoms with Crippen LogP contribution in [0.1, 0.15) is 15.9 Å². The molecule has 1 aromatic carbocycles. The molecule has 1 N–H and O–H groups in total. The first-order valence-corrected chi connectivity index (χ1v) is 6.07. The quantitative estimate of drug-likeness (QED) is 0.732. The van der Waals surface area contributed by atoms with Gasteiger partial charge in [0.15, 0.2) is 0 Å². The van der Waals surface area contributed by atoms with Crippen molar-refractivity contribution in [2.75, 3.05) is 0 Å². The molecule has 0 spiro atoms. The Hall–Kier alpha value is -2.27. The Labute approximate surface area is 117 Å². The van der Waals surface area contributed by atoms with Gasteiger partial charge in [-0.25, -0.2) is 13.8 Å². The molecule has 3 nitrogen and oxygen atoms in total. The molecule has 0 bridgehead atoms. The van der Waals surface area contributed by atoms with Gasteiger partial charge >= 0.3 is 0 Å². The molecule has 0 aliphatic rings. The topological polar surface area (TPSA) is 45.8 Å². The summed E-state index contributed by atoms with van der Waals surface area (Å²) in [4.78, 5) is 19.1. The van der Waals surface area contributed by atoms with E-state index in [9.17, 15) is 13.6 Å². The number of benzene rings is 1. The first-order valence-electron chi connectivity index (χ1n) is 5.69. The largest absolute Gasteiger partial charge is 0.345 e. The normalized spacial score (nSPS) is 10.9. The Kier molecular flexibility index (Phi) is 2.99. The van der Waals surface area contributed by atoms with E-state index >= 15 is 0 Å². The number of halogens is 3. The van der Waals surface area contributed by atoms with Crippen LogP contribution in [0, 0.1) is 11.6 Å². The number of hydrogen-bond acceptors (Lipinski definition) is 2. The summed E-state index contributed by atoms with van der Waals surface area (Å²) in [5, 5.41) is 0.755. The molecule has 0 unspecified atom stereocenters. The van der Waals surface area contributed by atoms with Gasteiger partial charge in [0.2, 0.25) is 5.78 Å². The van der Waals surface area contributed by atoms with Crippen molar-refractivity contribution >= 4 is 28.4 Å². The predicted molar refractivity (Wildman–Crippen MR) is 70.9 cm³/mol. The van der Waals surface area contributed by atoms with E-state index in [1.165, 1.54) is 24.5 Å². The number of nitrogens with one attached hydrogen (secondary N) is 1. The lowest BCUT2D eigenvalue weighted by Crippen LogP contribution is -2.06. The first kappa shape index (κ1) is 12.7. The molecule has 20 heavy (non-hydrogen) atoms. The molecule has 2 aromatic heterocycles. The molecular formula is C14H7ClF2N2O. The molecule has 100 valence electrons.